The van der Waals surface area contributed by atoms with E-state index in [1.807, 2.05) is 35.6 Å². The molecule has 14 rings (SSSR count). The fourth-order valence-electron chi connectivity index (χ4n) is 10.7. The van der Waals surface area contributed by atoms with Crippen LogP contribution < -0.4 is 9.80 Å². The van der Waals surface area contributed by atoms with Gasteiger partial charge in [0.2, 0.25) is 0 Å². The normalized spacial score (nSPS) is 11.7. The first-order chi connectivity index (χ1) is 35.6. The van der Waals surface area contributed by atoms with Gasteiger partial charge in [-0.1, -0.05) is 146 Å². The van der Waals surface area contributed by atoms with Crippen LogP contribution in [0.15, 0.2) is 253 Å². The van der Waals surface area contributed by atoms with Gasteiger partial charge in [0, 0.05) is 96.2 Å². The zero-order valence-electron chi connectivity index (χ0n) is 38.7. The fourth-order valence-corrected chi connectivity index (χ4v) is 13.1. The third-order valence-electron chi connectivity index (χ3n) is 13.9. The van der Waals surface area contributed by atoms with Gasteiger partial charge in [0.05, 0.1) is 5.69 Å². The quantitative estimate of drug-likeness (QED) is 0.144. The van der Waals surface area contributed by atoms with Crippen molar-refractivity contribution in [2.45, 2.75) is 0 Å². The van der Waals surface area contributed by atoms with Crippen LogP contribution in [0.4, 0.5) is 38.5 Å². The number of halogens is 1. The Kier molecular flexibility index (Phi) is 10.1. The van der Waals surface area contributed by atoms with Crippen molar-refractivity contribution >= 4 is 119 Å². The molecule has 340 valence electrons. The predicted molar refractivity (Wildman–Crippen MR) is 305 cm³/mol. The SMILES string of the molecule is Fc1cccc(N(c2ccccc2)c2cc(-c3cccc4oc5ccc(-c6cc(N(c7ccccc7)c7ccccc7-c7ccccc7)cc7c6sc6ccccc67)cc5c34)c3sc4ccccc4c3c2)c1. The molecule has 6 heteroatoms. The molecule has 0 saturated carbocycles. The smallest absolute Gasteiger partial charge is 0.136 e. The van der Waals surface area contributed by atoms with Gasteiger partial charge < -0.3 is 14.2 Å². The Hall–Kier alpha value is -8.81. The second-order valence-corrected chi connectivity index (χ2v) is 20.2. The van der Waals surface area contributed by atoms with E-state index in [0.29, 0.717) is 0 Å². The molecule has 3 aromatic heterocycles. The van der Waals surface area contributed by atoms with Crippen LogP contribution in [0.2, 0.25) is 0 Å². The van der Waals surface area contributed by atoms with Crippen LogP contribution in [0.5, 0.6) is 0 Å². The third kappa shape index (κ3) is 7.06. The first-order valence-electron chi connectivity index (χ1n) is 24.1. The second-order valence-electron chi connectivity index (χ2n) is 18.1. The summed E-state index contributed by atoms with van der Waals surface area (Å²) in [5.74, 6) is -0.288. The minimum Gasteiger partial charge on any atom is -0.456 e. The number of rotatable bonds is 9. The zero-order valence-corrected chi connectivity index (χ0v) is 40.3. The van der Waals surface area contributed by atoms with Gasteiger partial charge in [-0.3, -0.25) is 0 Å². The van der Waals surface area contributed by atoms with Crippen LogP contribution in [0.3, 0.4) is 0 Å². The standard InChI is InChI=1S/C66H41FN2OS2/c67-44-20-16-25-47(37-44)68(45-21-6-2-7-22-45)48-39-56-52-28-12-15-33-63(52)72-66(56)57(40-48)53-29-17-31-61-64(53)58-36-43(34-35-60(58)70-61)54-38-49(41-55-51-27-11-14-32-62(51)71-65(54)55)69(46-23-8-3-9-24-46)59-30-13-10-26-50(59)42-18-4-1-5-19-42/h1-41H. The predicted octanol–water partition coefficient (Wildman–Crippen LogP) is 20.4. The van der Waals surface area contributed by atoms with Crippen molar-refractivity contribution in [1.82, 2.24) is 0 Å². The van der Waals surface area contributed by atoms with Gasteiger partial charge in [0.15, 0.2) is 0 Å². The zero-order chi connectivity index (χ0) is 47.7. The number of thiophene rings is 2. The van der Waals surface area contributed by atoms with Gasteiger partial charge in [-0.05, 0) is 120 Å². The molecule has 0 bridgehead atoms. The van der Waals surface area contributed by atoms with Crippen molar-refractivity contribution in [1.29, 1.82) is 0 Å². The first kappa shape index (κ1) is 42.1. The molecule has 14 aromatic rings. The number of furan rings is 1. The molecular formula is C66H41FN2OS2. The number of para-hydroxylation sites is 3. The largest absolute Gasteiger partial charge is 0.456 e. The summed E-state index contributed by atoms with van der Waals surface area (Å²) in [4.78, 5) is 4.57. The lowest BCUT2D eigenvalue weighted by Crippen LogP contribution is -2.11. The molecule has 11 aromatic carbocycles. The molecule has 0 atom stereocenters. The van der Waals surface area contributed by atoms with Gasteiger partial charge in [0.25, 0.3) is 0 Å². The van der Waals surface area contributed by atoms with Crippen molar-refractivity contribution in [3.63, 3.8) is 0 Å². The lowest BCUT2D eigenvalue weighted by Gasteiger charge is -2.28. The van der Waals surface area contributed by atoms with E-state index in [0.717, 1.165) is 94.8 Å². The monoisotopic (exact) mass is 960 g/mol. The van der Waals surface area contributed by atoms with Gasteiger partial charge in [-0.2, -0.15) is 0 Å². The Bertz CT molecular complexity index is 4370. The highest BCUT2D eigenvalue weighted by molar-refractivity contribution is 7.26. The van der Waals surface area contributed by atoms with E-state index >= 15 is 4.39 Å². The molecule has 0 amide bonds. The Balaban J connectivity index is 1.02. The molecule has 0 fully saturated rings. The van der Waals surface area contributed by atoms with Gasteiger partial charge >= 0.3 is 0 Å². The third-order valence-corrected chi connectivity index (χ3v) is 16.3. The summed E-state index contributed by atoms with van der Waals surface area (Å²) in [6.45, 7) is 0. The fraction of sp³-hybridized carbons (Fsp3) is 0. The molecule has 0 aliphatic heterocycles. The Morgan fingerprint density at radius 2 is 0.875 bits per heavy atom. The number of hydrogen-bond donors (Lipinski definition) is 0. The van der Waals surface area contributed by atoms with Gasteiger partial charge in [-0.15, -0.1) is 22.7 Å². The highest BCUT2D eigenvalue weighted by atomic mass is 32.1. The molecule has 0 unspecified atom stereocenters. The first-order valence-corrected chi connectivity index (χ1v) is 25.7. The van der Waals surface area contributed by atoms with Crippen molar-refractivity contribution in [3.05, 3.63) is 255 Å². The average Bonchev–Trinajstić information content (AvgIpc) is 4.13. The number of anilines is 6. The lowest BCUT2D eigenvalue weighted by atomic mass is 9.95. The van der Waals surface area contributed by atoms with Crippen LogP contribution in [-0.4, -0.2) is 0 Å². The van der Waals surface area contributed by atoms with Crippen LogP contribution in [0, 0.1) is 5.82 Å². The van der Waals surface area contributed by atoms with E-state index < -0.39 is 0 Å². The summed E-state index contributed by atoms with van der Waals surface area (Å²) in [7, 11) is 0. The van der Waals surface area contributed by atoms with Gasteiger partial charge in [0.1, 0.15) is 17.0 Å². The summed E-state index contributed by atoms with van der Waals surface area (Å²) in [6, 6.07) is 87.0. The maximum absolute atomic E-state index is 15.2. The maximum Gasteiger partial charge on any atom is 0.136 e. The van der Waals surface area contributed by atoms with E-state index in [-0.39, 0.29) is 5.82 Å². The van der Waals surface area contributed by atoms with E-state index in [2.05, 4.69) is 216 Å². The van der Waals surface area contributed by atoms with Crippen LogP contribution in [-0.2, 0) is 0 Å². The van der Waals surface area contributed by atoms with Gasteiger partial charge in [-0.25, -0.2) is 4.39 Å². The van der Waals surface area contributed by atoms with E-state index in [1.54, 1.807) is 23.5 Å². The van der Waals surface area contributed by atoms with Crippen molar-refractivity contribution in [2.24, 2.45) is 0 Å². The molecule has 0 spiro atoms. The molecule has 3 heterocycles. The summed E-state index contributed by atoms with van der Waals surface area (Å²) in [6.07, 6.45) is 0. The number of fused-ring (bicyclic) bond motifs is 9. The number of hydrogen-bond acceptors (Lipinski definition) is 5. The molecule has 0 N–H and O–H groups in total. The van der Waals surface area contributed by atoms with Crippen molar-refractivity contribution in [2.75, 3.05) is 9.80 Å². The minimum absolute atomic E-state index is 0.288. The molecule has 3 nitrogen and oxygen atoms in total. The van der Waals surface area contributed by atoms with Crippen LogP contribution >= 0.6 is 22.7 Å². The number of nitrogens with zero attached hydrogens (tertiary/aromatic N) is 2. The minimum atomic E-state index is -0.288. The molecule has 0 radical (unpaired) electrons. The topological polar surface area (TPSA) is 19.6 Å². The summed E-state index contributed by atoms with van der Waals surface area (Å²) in [5.41, 5.74) is 14.2. The average molecular weight is 961 g/mol. The van der Waals surface area contributed by atoms with E-state index in [4.69, 9.17) is 4.42 Å². The highest BCUT2D eigenvalue weighted by Crippen LogP contribution is 2.51. The molecule has 0 aliphatic carbocycles. The maximum atomic E-state index is 15.2. The van der Waals surface area contributed by atoms with Crippen LogP contribution in [0.1, 0.15) is 0 Å². The lowest BCUT2D eigenvalue weighted by molar-refractivity contribution is 0.628. The second kappa shape index (κ2) is 17.2. The molecule has 0 aliphatic rings. The van der Waals surface area contributed by atoms with Crippen molar-refractivity contribution in [3.8, 4) is 33.4 Å². The molecule has 0 saturated heterocycles. The Morgan fingerprint density at radius 3 is 1.58 bits per heavy atom. The Labute approximate surface area is 423 Å². The number of benzene rings is 11. The van der Waals surface area contributed by atoms with E-state index in [9.17, 15) is 0 Å². The molecule has 72 heavy (non-hydrogen) atoms. The van der Waals surface area contributed by atoms with E-state index in [1.165, 1.54) is 41.0 Å². The summed E-state index contributed by atoms with van der Waals surface area (Å²) < 4.78 is 26.8. The Morgan fingerprint density at radius 1 is 0.319 bits per heavy atom. The molecular weight excluding hydrogens is 920 g/mol. The summed E-state index contributed by atoms with van der Waals surface area (Å²) >= 11 is 3.65. The van der Waals surface area contributed by atoms with Crippen LogP contribution in [0.25, 0.3) is 95.7 Å². The summed E-state index contributed by atoms with van der Waals surface area (Å²) in [5, 5.41) is 6.86. The highest BCUT2D eigenvalue weighted by Gasteiger charge is 2.24. The van der Waals surface area contributed by atoms with Crippen molar-refractivity contribution < 1.29 is 8.81 Å².